The molecule has 0 amide bonds. The van der Waals surface area contributed by atoms with Crippen LogP contribution in [0, 0.1) is 0 Å². The molecule has 0 radical (unpaired) electrons. The average molecular weight is 298 g/mol. The fourth-order valence-electron chi connectivity index (χ4n) is 0.976. The Morgan fingerprint density at radius 2 is 1.69 bits per heavy atom. The molecule has 1 nitrogen and oxygen atoms in total. The van der Waals surface area contributed by atoms with Crippen LogP contribution in [0.15, 0.2) is 24.3 Å². The molecule has 0 aromatic heterocycles. The Hall–Kier alpha value is 0.483. The van der Waals surface area contributed by atoms with E-state index in [1.165, 1.54) is 0 Å². The van der Waals surface area contributed by atoms with Crippen LogP contribution >= 0.6 is 17.0 Å². The van der Waals surface area contributed by atoms with Gasteiger partial charge in [0.2, 0.25) is 0 Å². The van der Waals surface area contributed by atoms with Gasteiger partial charge in [0.1, 0.15) is 5.75 Å². The number of para-hydroxylation sites is 1. The Balaban J connectivity index is 0.000000424. The molecule has 4 heteroatoms. The molecule has 0 saturated heterocycles. The fraction of sp³-hybridized carbons (Fsp3) is 0.333. The predicted molar refractivity (Wildman–Crippen MR) is 53.9 cm³/mol. The van der Waals surface area contributed by atoms with Crippen LogP contribution in [0.4, 0.5) is 0 Å². The van der Waals surface area contributed by atoms with Crippen molar-refractivity contribution < 1.29 is 26.0 Å². The summed E-state index contributed by atoms with van der Waals surface area (Å²) in [5, 5.41) is 9.28. The predicted octanol–water partition coefficient (Wildman–Crippen LogP) is 3.89. The van der Waals surface area contributed by atoms with Crippen LogP contribution in [0.1, 0.15) is 25.3 Å². The molecule has 72 valence electrons. The number of rotatable bonds is 1. The zero-order valence-corrected chi connectivity index (χ0v) is 11.6. The summed E-state index contributed by atoms with van der Waals surface area (Å²) < 4.78 is 0. The summed E-state index contributed by atoms with van der Waals surface area (Å²) in [6, 6.07) is 7.44. The molecule has 0 bridgehead atoms. The second-order valence-corrected chi connectivity index (χ2v) is 6.52. The number of hydrogen-bond donors (Lipinski definition) is 1. The number of halogens is 2. The van der Waals surface area contributed by atoms with Crippen LogP contribution in [0.5, 0.6) is 5.75 Å². The molecule has 0 atom stereocenters. The molecule has 0 aliphatic heterocycles. The van der Waals surface area contributed by atoms with Crippen molar-refractivity contribution in [2.45, 2.75) is 19.8 Å². The van der Waals surface area contributed by atoms with Gasteiger partial charge in [0.05, 0.1) is 0 Å². The summed E-state index contributed by atoms with van der Waals surface area (Å²) in [6.07, 6.45) is 0. The first kappa shape index (κ1) is 13.5. The summed E-state index contributed by atoms with van der Waals surface area (Å²) in [7, 11) is 9.87. The second-order valence-electron chi connectivity index (χ2n) is 2.78. The maximum atomic E-state index is 9.28. The van der Waals surface area contributed by atoms with E-state index in [1.807, 2.05) is 18.2 Å². The van der Waals surface area contributed by atoms with Gasteiger partial charge in [-0.3, -0.25) is 0 Å². The molecule has 0 spiro atoms. The standard InChI is InChI=1S/C9H12O.2ClH.Zr/c1-7(2)8-5-3-4-6-9(8)10;;;/h3-7,10H,1-2H3;2*1H;/q;;;+2/p-2. The summed E-state index contributed by atoms with van der Waals surface area (Å²) in [5.41, 5.74) is 1.02. The number of phenols is 1. The topological polar surface area (TPSA) is 20.2 Å². The summed E-state index contributed by atoms with van der Waals surface area (Å²) in [6.45, 7) is 4.13. The minimum atomic E-state index is -0.826. The van der Waals surface area contributed by atoms with Gasteiger partial charge in [-0.05, 0) is 17.5 Å². The number of benzene rings is 1. The Morgan fingerprint density at radius 1 is 1.23 bits per heavy atom. The van der Waals surface area contributed by atoms with Gasteiger partial charge in [-0.2, -0.15) is 0 Å². The molecule has 1 rings (SSSR count). The van der Waals surface area contributed by atoms with Crippen molar-refractivity contribution in [2.75, 3.05) is 0 Å². The molecular weight excluding hydrogens is 286 g/mol. The van der Waals surface area contributed by atoms with Crippen molar-refractivity contribution in [3.63, 3.8) is 0 Å². The van der Waals surface area contributed by atoms with E-state index in [-0.39, 0.29) is 0 Å². The number of hydrogen-bond acceptors (Lipinski definition) is 1. The third kappa shape index (κ3) is 5.72. The second kappa shape index (κ2) is 7.85. The third-order valence-electron chi connectivity index (χ3n) is 1.56. The van der Waals surface area contributed by atoms with Gasteiger partial charge in [0, 0.05) is 0 Å². The molecule has 0 aliphatic rings. The van der Waals surface area contributed by atoms with Crippen molar-refractivity contribution in [1.29, 1.82) is 0 Å². The van der Waals surface area contributed by atoms with Crippen LogP contribution in [-0.4, -0.2) is 5.11 Å². The first-order valence-electron chi connectivity index (χ1n) is 3.87. The molecular formula is C9H12Cl2OZr. The molecule has 0 saturated carbocycles. The first-order chi connectivity index (χ1) is 6.13. The Morgan fingerprint density at radius 3 is 2.00 bits per heavy atom. The van der Waals surface area contributed by atoms with E-state index in [0.29, 0.717) is 11.7 Å². The van der Waals surface area contributed by atoms with Crippen LogP contribution in [0.25, 0.3) is 0 Å². The number of aromatic hydroxyl groups is 1. The summed E-state index contributed by atoms with van der Waals surface area (Å²) in [4.78, 5) is 0. The van der Waals surface area contributed by atoms with Gasteiger partial charge in [-0.1, -0.05) is 32.0 Å². The van der Waals surface area contributed by atoms with E-state index >= 15 is 0 Å². The maximum absolute atomic E-state index is 9.28. The quantitative estimate of drug-likeness (QED) is 0.834. The Bertz CT molecular complexity index is 241. The van der Waals surface area contributed by atoms with Gasteiger partial charge in [-0.15, -0.1) is 0 Å². The molecule has 1 aromatic carbocycles. The van der Waals surface area contributed by atoms with Crippen molar-refractivity contribution >= 4 is 17.0 Å². The number of phenolic OH excluding ortho intramolecular Hbond substituents is 1. The third-order valence-corrected chi connectivity index (χ3v) is 1.56. The SMILES string of the molecule is CC(C)c1ccccc1O.[Cl][Zr][Cl]. The van der Waals surface area contributed by atoms with Crippen molar-refractivity contribution in [2.24, 2.45) is 0 Å². The van der Waals surface area contributed by atoms with E-state index in [0.717, 1.165) is 5.56 Å². The Labute approximate surface area is 97.7 Å². The molecule has 13 heavy (non-hydrogen) atoms. The molecule has 0 unspecified atom stereocenters. The molecule has 1 N–H and O–H groups in total. The molecule has 0 heterocycles. The summed E-state index contributed by atoms with van der Waals surface area (Å²) in [5.74, 6) is 0.804. The van der Waals surface area contributed by atoms with Gasteiger partial charge in [0.25, 0.3) is 0 Å². The fourth-order valence-corrected chi connectivity index (χ4v) is 0.976. The van der Waals surface area contributed by atoms with Gasteiger partial charge < -0.3 is 5.11 Å². The van der Waals surface area contributed by atoms with E-state index in [4.69, 9.17) is 17.0 Å². The van der Waals surface area contributed by atoms with Gasteiger partial charge >= 0.3 is 37.9 Å². The van der Waals surface area contributed by atoms with Crippen LogP contribution < -0.4 is 0 Å². The van der Waals surface area contributed by atoms with Crippen molar-refractivity contribution in [3.8, 4) is 5.75 Å². The van der Waals surface area contributed by atoms with E-state index in [2.05, 4.69) is 13.8 Å². The summed E-state index contributed by atoms with van der Waals surface area (Å²) >= 11 is -0.826. The van der Waals surface area contributed by atoms with Gasteiger partial charge in [-0.25, -0.2) is 0 Å². The van der Waals surface area contributed by atoms with Crippen molar-refractivity contribution in [1.82, 2.24) is 0 Å². The zero-order chi connectivity index (χ0) is 10.3. The Kier molecular flexibility index (Phi) is 8.14. The van der Waals surface area contributed by atoms with E-state index in [1.54, 1.807) is 6.07 Å². The van der Waals surface area contributed by atoms with Crippen molar-refractivity contribution in [3.05, 3.63) is 29.8 Å². The van der Waals surface area contributed by atoms with E-state index < -0.39 is 20.8 Å². The van der Waals surface area contributed by atoms with Crippen LogP contribution in [0.2, 0.25) is 0 Å². The monoisotopic (exact) mass is 296 g/mol. The molecule has 1 aromatic rings. The zero-order valence-electron chi connectivity index (χ0n) is 7.59. The van der Waals surface area contributed by atoms with E-state index in [9.17, 15) is 5.11 Å². The molecule has 0 fully saturated rings. The molecule has 0 aliphatic carbocycles. The normalized spacial score (nSPS) is 9.00. The van der Waals surface area contributed by atoms with Gasteiger partial charge in [0.15, 0.2) is 0 Å². The first-order valence-corrected chi connectivity index (χ1v) is 10.2. The average Bonchev–Trinajstić information content (AvgIpc) is 2.06. The van der Waals surface area contributed by atoms with Crippen LogP contribution in [-0.2, 0) is 20.8 Å². The van der Waals surface area contributed by atoms with Crippen LogP contribution in [0.3, 0.4) is 0 Å². The minimum absolute atomic E-state index is 0.400.